The van der Waals surface area contributed by atoms with Gasteiger partial charge in [-0.2, -0.15) is 5.26 Å². The number of nitriles is 1. The first-order valence-corrected chi connectivity index (χ1v) is 7.84. The molecule has 0 bridgehead atoms. The minimum absolute atomic E-state index is 0.234. The number of hydrogen-bond acceptors (Lipinski definition) is 3. The Kier molecular flexibility index (Phi) is 4.86. The molecule has 0 aliphatic carbocycles. The number of anilines is 1. The van der Waals surface area contributed by atoms with Crippen LogP contribution in [0.25, 0.3) is 0 Å². The highest BCUT2D eigenvalue weighted by Crippen LogP contribution is 2.14. The van der Waals surface area contributed by atoms with E-state index in [9.17, 15) is 4.79 Å². The molecule has 6 heteroatoms. The molecule has 0 unspecified atom stereocenters. The van der Waals surface area contributed by atoms with E-state index in [0.29, 0.717) is 30.1 Å². The number of carbonyl (C=O) groups excluding carboxylic acids is 1. The van der Waals surface area contributed by atoms with Crippen LogP contribution in [0.1, 0.15) is 17.0 Å². The number of nitrogens with one attached hydrogen (secondary N) is 1. The maximum absolute atomic E-state index is 12.7. The largest absolute Gasteiger partial charge is 0.467 e. The van der Waals surface area contributed by atoms with Gasteiger partial charge in [-0.05, 0) is 48.5 Å². The van der Waals surface area contributed by atoms with E-state index < -0.39 is 0 Å². The molecule has 3 aromatic rings. The van der Waals surface area contributed by atoms with Crippen molar-refractivity contribution in [3.05, 3.63) is 78.0 Å². The maximum atomic E-state index is 12.7. The quantitative estimate of drug-likeness (QED) is 0.772. The van der Waals surface area contributed by atoms with Crippen LogP contribution in [0, 0.1) is 11.3 Å². The van der Waals surface area contributed by atoms with Gasteiger partial charge in [-0.15, -0.1) is 0 Å². The third-order valence-corrected chi connectivity index (χ3v) is 3.88. The van der Waals surface area contributed by atoms with Crippen LogP contribution in [0.3, 0.4) is 0 Å². The van der Waals surface area contributed by atoms with E-state index in [-0.39, 0.29) is 6.03 Å². The summed E-state index contributed by atoms with van der Waals surface area (Å²) < 4.78 is 7.36. The van der Waals surface area contributed by atoms with E-state index in [1.807, 2.05) is 36.0 Å². The Balaban J connectivity index is 1.75. The monoisotopic (exact) mass is 334 g/mol. The molecule has 0 spiro atoms. The fraction of sp³-hybridized carbons (Fsp3) is 0.158. The molecule has 0 saturated carbocycles. The lowest BCUT2D eigenvalue weighted by molar-refractivity contribution is 0.200. The van der Waals surface area contributed by atoms with Crippen LogP contribution < -0.4 is 5.32 Å². The number of nitrogens with zero attached hydrogens (tertiary/aromatic N) is 3. The first-order chi connectivity index (χ1) is 12.2. The highest BCUT2D eigenvalue weighted by molar-refractivity contribution is 5.89. The van der Waals surface area contributed by atoms with Crippen LogP contribution in [-0.2, 0) is 20.1 Å². The predicted molar refractivity (Wildman–Crippen MR) is 93.5 cm³/mol. The van der Waals surface area contributed by atoms with Crippen LogP contribution in [0.15, 0.2) is 65.4 Å². The predicted octanol–water partition coefficient (Wildman–Crippen LogP) is 3.72. The summed E-state index contributed by atoms with van der Waals surface area (Å²) in [6, 6.07) is 16.1. The van der Waals surface area contributed by atoms with Gasteiger partial charge in [0.15, 0.2) is 0 Å². The summed E-state index contributed by atoms with van der Waals surface area (Å²) in [5.41, 5.74) is 2.20. The molecule has 25 heavy (non-hydrogen) atoms. The highest BCUT2D eigenvalue weighted by atomic mass is 16.3. The first-order valence-electron chi connectivity index (χ1n) is 7.84. The van der Waals surface area contributed by atoms with Gasteiger partial charge in [0.1, 0.15) is 5.76 Å². The van der Waals surface area contributed by atoms with E-state index >= 15 is 0 Å². The average molecular weight is 334 g/mol. The molecule has 0 fully saturated rings. The van der Waals surface area contributed by atoms with Gasteiger partial charge in [0.2, 0.25) is 0 Å². The number of rotatable bonds is 5. The molecule has 0 aliphatic rings. The van der Waals surface area contributed by atoms with Crippen molar-refractivity contribution in [2.75, 3.05) is 5.32 Å². The van der Waals surface area contributed by atoms with Crippen molar-refractivity contribution in [1.82, 2.24) is 9.47 Å². The Morgan fingerprint density at radius 1 is 1.20 bits per heavy atom. The summed E-state index contributed by atoms with van der Waals surface area (Å²) in [6.07, 6.45) is 3.54. The Labute approximate surface area is 145 Å². The molecule has 0 atom stereocenters. The summed E-state index contributed by atoms with van der Waals surface area (Å²) in [4.78, 5) is 14.4. The molecular formula is C19H18N4O2. The summed E-state index contributed by atoms with van der Waals surface area (Å²) in [6.45, 7) is 0.812. The lowest BCUT2D eigenvalue weighted by atomic mass is 10.2. The molecule has 2 amide bonds. The van der Waals surface area contributed by atoms with Crippen molar-refractivity contribution in [1.29, 1.82) is 5.26 Å². The number of hydrogen-bond donors (Lipinski definition) is 1. The van der Waals surface area contributed by atoms with Gasteiger partial charge in [0.25, 0.3) is 0 Å². The van der Waals surface area contributed by atoms with Gasteiger partial charge in [-0.25, -0.2) is 4.79 Å². The molecule has 1 aromatic carbocycles. The molecule has 6 nitrogen and oxygen atoms in total. The van der Waals surface area contributed by atoms with Gasteiger partial charge in [-0.1, -0.05) is 0 Å². The average Bonchev–Trinajstić information content (AvgIpc) is 3.27. The van der Waals surface area contributed by atoms with Crippen LogP contribution in [0.5, 0.6) is 0 Å². The number of furan rings is 1. The summed E-state index contributed by atoms with van der Waals surface area (Å²) in [5.74, 6) is 0.712. The second-order valence-corrected chi connectivity index (χ2v) is 5.67. The highest BCUT2D eigenvalue weighted by Gasteiger charge is 2.17. The Hall–Kier alpha value is -3.46. The van der Waals surface area contributed by atoms with Crippen LogP contribution >= 0.6 is 0 Å². The molecule has 0 aliphatic heterocycles. The summed E-state index contributed by atoms with van der Waals surface area (Å²) in [5, 5.41) is 11.7. The fourth-order valence-electron chi connectivity index (χ4n) is 2.48. The molecule has 2 heterocycles. The smallest absolute Gasteiger partial charge is 0.322 e. The Morgan fingerprint density at radius 3 is 2.60 bits per heavy atom. The minimum Gasteiger partial charge on any atom is -0.467 e. The van der Waals surface area contributed by atoms with Gasteiger partial charge < -0.3 is 19.2 Å². The zero-order valence-electron chi connectivity index (χ0n) is 13.8. The summed E-state index contributed by atoms with van der Waals surface area (Å²) >= 11 is 0. The fourth-order valence-corrected chi connectivity index (χ4v) is 2.48. The third-order valence-electron chi connectivity index (χ3n) is 3.88. The van der Waals surface area contributed by atoms with Gasteiger partial charge >= 0.3 is 6.03 Å². The van der Waals surface area contributed by atoms with Crippen molar-refractivity contribution in [2.24, 2.45) is 7.05 Å². The third kappa shape index (κ3) is 4.09. The Bertz CT molecular complexity index is 873. The SMILES string of the molecule is Cn1cccc1CN(Cc1ccco1)C(=O)Nc1ccc(C#N)cc1. The van der Waals surface area contributed by atoms with Crippen molar-refractivity contribution >= 4 is 11.7 Å². The van der Waals surface area contributed by atoms with Gasteiger partial charge in [0.05, 0.1) is 31.0 Å². The van der Waals surface area contributed by atoms with Crippen molar-refractivity contribution < 1.29 is 9.21 Å². The lowest BCUT2D eigenvalue weighted by Gasteiger charge is -2.22. The van der Waals surface area contributed by atoms with E-state index in [1.165, 1.54) is 0 Å². The zero-order valence-corrected chi connectivity index (χ0v) is 13.8. The van der Waals surface area contributed by atoms with Crippen LogP contribution in [-0.4, -0.2) is 15.5 Å². The topological polar surface area (TPSA) is 74.2 Å². The van der Waals surface area contributed by atoms with Crippen molar-refractivity contribution in [2.45, 2.75) is 13.1 Å². The molecular weight excluding hydrogens is 316 g/mol. The van der Waals surface area contributed by atoms with Crippen molar-refractivity contribution in [3.8, 4) is 6.07 Å². The summed E-state index contributed by atoms with van der Waals surface area (Å²) in [7, 11) is 1.94. The van der Waals surface area contributed by atoms with Crippen LogP contribution in [0.2, 0.25) is 0 Å². The van der Waals surface area contributed by atoms with Gasteiger partial charge in [-0.3, -0.25) is 0 Å². The number of carbonyl (C=O) groups is 1. The number of urea groups is 1. The number of aryl methyl sites for hydroxylation is 1. The molecule has 3 rings (SSSR count). The lowest BCUT2D eigenvalue weighted by Crippen LogP contribution is -2.34. The second-order valence-electron chi connectivity index (χ2n) is 5.67. The maximum Gasteiger partial charge on any atom is 0.322 e. The molecule has 2 aromatic heterocycles. The first kappa shape index (κ1) is 16.4. The molecule has 0 radical (unpaired) electrons. The molecule has 0 saturated heterocycles. The van der Waals surface area contributed by atoms with E-state index in [1.54, 1.807) is 41.5 Å². The molecule has 126 valence electrons. The van der Waals surface area contributed by atoms with Crippen LogP contribution in [0.4, 0.5) is 10.5 Å². The molecule has 1 N–H and O–H groups in total. The minimum atomic E-state index is -0.234. The van der Waals surface area contributed by atoms with E-state index in [4.69, 9.17) is 9.68 Å². The number of amides is 2. The van der Waals surface area contributed by atoms with Gasteiger partial charge in [0, 0.05) is 24.6 Å². The second kappa shape index (κ2) is 7.41. The standard InChI is InChI=1S/C19H18N4O2/c1-22-10-2-4-17(22)13-23(14-18-5-3-11-25-18)19(24)21-16-8-6-15(12-20)7-9-16/h2-11H,13-14H2,1H3,(H,21,24). The Morgan fingerprint density at radius 2 is 2.00 bits per heavy atom. The number of aromatic nitrogens is 1. The number of benzene rings is 1. The van der Waals surface area contributed by atoms with Crippen molar-refractivity contribution in [3.63, 3.8) is 0 Å². The normalized spacial score (nSPS) is 10.2. The van der Waals surface area contributed by atoms with E-state index in [2.05, 4.69) is 11.4 Å². The zero-order chi connectivity index (χ0) is 17.6. The van der Waals surface area contributed by atoms with E-state index in [0.717, 1.165) is 5.69 Å².